The Morgan fingerprint density at radius 1 is 0.424 bits per heavy atom. The average molecular weight is 904 g/mol. The fourth-order valence-corrected chi connectivity index (χ4v) is 19.5. The van der Waals surface area contributed by atoms with Crippen LogP contribution in [0.2, 0.25) is 0 Å². The van der Waals surface area contributed by atoms with Crippen molar-refractivity contribution in [1.29, 1.82) is 5.26 Å². The molecule has 0 aliphatic heterocycles. The van der Waals surface area contributed by atoms with Crippen molar-refractivity contribution in [3.63, 3.8) is 0 Å². The second-order valence-corrected chi connectivity index (χ2v) is 24.2. The number of nitrogens with zero attached hydrogens (tertiary/aromatic N) is 6. The van der Waals surface area contributed by atoms with Gasteiger partial charge < -0.3 is 0 Å². The van der Waals surface area contributed by atoms with Gasteiger partial charge in [0.05, 0.1) is 12.6 Å². The molecule has 11 aromatic rings. The Bertz CT molecular complexity index is 3430. The van der Waals surface area contributed by atoms with Gasteiger partial charge in [0.25, 0.3) is 0 Å². The Morgan fingerprint density at radius 2 is 0.894 bits per heavy atom. The van der Waals surface area contributed by atoms with Gasteiger partial charge in [-0.25, -0.2) is 4.85 Å². The normalized spacial score (nSPS) is 11.3. The molecule has 2 aromatic heterocycles. The standard InChI is InChI=1S/C59H38GeN6/c1-62-50-32-35-55-52(39-50)51-36-41(40-61)30-33-54(51)66(55)56-34-31-45(38-53(56)59-64-57(42-18-7-2-8-19-42)63-58(65-59)43-20-9-3-10-21-43)44-22-17-29-49(37-44)60(46-23-11-4-12-24-46,47-25-13-5-14-26-47)48-27-15-6-16-28-48/h2-39H. The first-order chi connectivity index (χ1) is 32.6. The van der Waals surface area contributed by atoms with Crippen LogP contribution in [0.25, 0.3) is 77.6 Å². The van der Waals surface area contributed by atoms with Crippen LogP contribution in [0.5, 0.6) is 0 Å². The van der Waals surface area contributed by atoms with E-state index >= 15 is 0 Å². The summed E-state index contributed by atoms with van der Waals surface area (Å²) in [6, 6.07) is 82.7. The molecule has 11 rings (SSSR count). The zero-order chi connectivity index (χ0) is 44.5. The predicted octanol–water partition coefficient (Wildman–Crippen LogP) is 11.4. The Balaban J connectivity index is 1.20. The van der Waals surface area contributed by atoms with Crippen molar-refractivity contribution in [2.24, 2.45) is 0 Å². The number of rotatable bonds is 9. The van der Waals surface area contributed by atoms with Crippen LogP contribution in [0.4, 0.5) is 5.69 Å². The first-order valence-corrected chi connectivity index (χ1v) is 26.0. The van der Waals surface area contributed by atoms with E-state index in [1.165, 1.54) is 17.6 Å². The molecule has 66 heavy (non-hydrogen) atoms. The molecular weight excluding hydrogens is 865 g/mol. The fourth-order valence-electron chi connectivity index (χ4n) is 9.43. The van der Waals surface area contributed by atoms with Crippen molar-refractivity contribution in [2.45, 2.75) is 0 Å². The topological polar surface area (TPSA) is 71.8 Å². The van der Waals surface area contributed by atoms with Gasteiger partial charge in [0.2, 0.25) is 0 Å². The number of fused-ring (bicyclic) bond motifs is 3. The molecule has 0 N–H and O–H groups in total. The van der Waals surface area contributed by atoms with Crippen molar-refractivity contribution >= 4 is 58.3 Å². The Morgan fingerprint density at radius 3 is 1.44 bits per heavy atom. The molecule has 0 aliphatic carbocycles. The van der Waals surface area contributed by atoms with Gasteiger partial charge in [-0.05, 0) is 0 Å². The van der Waals surface area contributed by atoms with Gasteiger partial charge in [0, 0.05) is 0 Å². The minimum atomic E-state index is -3.62. The van der Waals surface area contributed by atoms with Gasteiger partial charge in [0.15, 0.2) is 0 Å². The summed E-state index contributed by atoms with van der Waals surface area (Å²) in [5.41, 5.74) is 8.35. The van der Waals surface area contributed by atoms with Crippen LogP contribution in [-0.2, 0) is 0 Å². The van der Waals surface area contributed by atoms with E-state index in [2.05, 4.69) is 149 Å². The van der Waals surface area contributed by atoms with E-state index in [1.807, 2.05) is 97.1 Å². The summed E-state index contributed by atoms with van der Waals surface area (Å²) in [5.74, 6) is 1.64. The van der Waals surface area contributed by atoms with Gasteiger partial charge in [0.1, 0.15) is 0 Å². The van der Waals surface area contributed by atoms with Gasteiger partial charge in [-0.3, -0.25) is 0 Å². The molecule has 0 spiro atoms. The van der Waals surface area contributed by atoms with E-state index in [9.17, 15) is 5.26 Å². The predicted molar refractivity (Wildman–Crippen MR) is 271 cm³/mol. The van der Waals surface area contributed by atoms with Gasteiger partial charge >= 0.3 is 353 Å². The molecule has 2 heterocycles. The number of nitriles is 1. The molecule has 0 unspecified atom stereocenters. The quantitative estimate of drug-likeness (QED) is 0.107. The molecule has 9 aromatic carbocycles. The second kappa shape index (κ2) is 17.1. The van der Waals surface area contributed by atoms with E-state index in [0.717, 1.165) is 55.3 Å². The van der Waals surface area contributed by atoms with Gasteiger partial charge in [-0.2, -0.15) is 5.26 Å². The van der Waals surface area contributed by atoms with Gasteiger partial charge in [-0.1, -0.05) is 12.1 Å². The average Bonchev–Trinajstić information content (AvgIpc) is 3.72. The van der Waals surface area contributed by atoms with Crippen molar-refractivity contribution < 1.29 is 0 Å². The van der Waals surface area contributed by atoms with Crippen molar-refractivity contribution in [2.75, 3.05) is 0 Å². The number of aromatic nitrogens is 4. The van der Waals surface area contributed by atoms with Gasteiger partial charge in [-0.15, -0.1) is 0 Å². The maximum absolute atomic E-state index is 10.0. The molecule has 0 radical (unpaired) electrons. The molecule has 0 fully saturated rings. The summed E-state index contributed by atoms with van der Waals surface area (Å²) in [7, 11) is 0. The van der Waals surface area contributed by atoms with E-state index < -0.39 is 13.3 Å². The molecular formula is C59H38GeN6. The number of hydrogen-bond donors (Lipinski definition) is 0. The third-order valence-corrected chi connectivity index (χ3v) is 22.5. The summed E-state index contributed by atoms with van der Waals surface area (Å²) in [6.07, 6.45) is 0. The van der Waals surface area contributed by atoms with Crippen LogP contribution in [0.3, 0.4) is 0 Å². The van der Waals surface area contributed by atoms with Crippen molar-refractivity contribution in [3.8, 4) is 57.0 Å². The Labute approximate surface area is 385 Å². The van der Waals surface area contributed by atoms with E-state index in [1.54, 1.807) is 0 Å². The zero-order valence-corrected chi connectivity index (χ0v) is 37.7. The van der Waals surface area contributed by atoms with Crippen LogP contribution < -0.4 is 17.6 Å². The second-order valence-electron chi connectivity index (χ2n) is 16.2. The summed E-state index contributed by atoms with van der Waals surface area (Å²) < 4.78 is 7.57. The molecule has 0 atom stereocenters. The zero-order valence-electron chi connectivity index (χ0n) is 35.6. The molecule has 0 aliphatic rings. The Kier molecular flexibility index (Phi) is 10.4. The van der Waals surface area contributed by atoms with E-state index in [4.69, 9.17) is 21.5 Å². The summed E-state index contributed by atoms with van der Waals surface area (Å²) >= 11 is -3.62. The molecule has 0 saturated heterocycles. The Hall–Kier alpha value is -8.69. The molecule has 308 valence electrons. The SMILES string of the molecule is [C-]#[N+]c1ccc2c(c1)c1cc(C#N)ccc1n2-c1ccc(-c2ccc[c]([Ge]([c]3ccccc3)([c]3ccccc3)[c]3ccccc3)c2)cc1-c1nc(-c2ccccc2)nc(-c2ccccc2)n1. The number of benzene rings is 9. The third kappa shape index (κ3) is 7.03. The summed E-state index contributed by atoms with van der Waals surface area (Å²) in [4.78, 5) is 19.4. The van der Waals surface area contributed by atoms with Crippen LogP contribution >= 0.6 is 0 Å². The first-order valence-electron chi connectivity index (χ1n) is 21.8. The monoisotopic (exact) mass is 904 g/mol. The molecule has 0 amide bonds. The molecule has 7 heteroatoms. The van der Waals surface area contributed by atoms with Crippen molar-refractivity contribution in [1.82, 2.24) is 19.5 Å². The van der Waals surface area contributed by atoms with E-state index in [-0.39, 0.29) is 0 Å². The van der Waals surface area contributed by atoms with Crippen LogP contribution in [0, 0.1) is 17.9 Å². The third-order valence-electron chi connectivity index (χ3n) is 12.4. The first kappa shape index (κ1) is 40.1. The maximum atomic E-state index is 10.0. The van der Waals surface area contributed by atoms with E-state index in [0.29, 0.717) is 28.7 Å². The summed E-state index contributed by atoms with van der Waals surface area (Å²) in [5, 5.41) is 11.8. The van der Waals surface area contributed by atoms with Crippen LogP contribution in [0.1, 0.15) is 5.56 Å². The molecule has 0 bridgehead atoms. The number of hydrogen-bond acceptors (Lipinski definition) is 4. The molecule has 6 nitrogen and oxygen atoms in total. The van der Waals surface area contributed by atoms with Crippen LogP contribution in [0.15, 0.2) is 231 Å². The fraction of sp³-hybridized carbons (Fsp3) is 0. The van der Waals surface area contributed by atoms with Crippen LogP contribution in [-0.4, -0.2) is 32.8 Å². The van der Waals surface area contributed by atoms with Crippen molar-refractivity contribution in [3.05, 3.63) is 248 Å². The molecule has 0 saturated carbocycles. The summed E-state index contributed by atoms with van der Waals surface area (Å²) in [6.45, 7) is 7.86. The minimum absolute atomic E-state index is 0.516.